The van der Waals surface area contributed by atoms with Crippen LogP contribution in [0.4, 0.5) is 0 Å². The van der Waals surface area contributed by atoms with Crippen LogP contribution in [-0.2, 0) is 13.5 Å². The molecule has 2 aromatic heterocycles. The second-order valence-corrected chi connectivity index (χ2v) is 6.46. The third-order valence-electron chi connectivity index (χ3n) is 4.48. The molecular formula is C19H17ClN4. The van der Waals surface area contributed by atoms with E-state index in [-0.39, 0.29) is 6.04 Å². The lowest BCUT2D eigenvalue weighted by atomic mass is 9.92. The highest BCUT2D eigenvalue weighted by Crippen LogP contribution is 2.37. The van der Waals surface area contributed by atoms with Crippen LogP contribution in [-0.4, -0.2) is 14.5 Å². The van der Waals surface area contributed by atoms with Crippen molar-refractivity contribution >= 4 is 23.3 Å². The Morgan fingerprint density at radius 1 is 1.29 bits per heavy atom. The van der Waals surface area contributed by atoms with Gasteiger partial charge in [-0.3, -0.25) is 4.98 Å². The van der Waals surface area contributed by atoms with Gasteiger partial charge in [-0.25, -0.2) is 4.98 Å². The van der Waals surface area contributed by atoms with Gasteiger partial charge in [-0.05, 0) is 46.5 Å². The topological polar surface area (TPSA) is 56.7 Å². The molecule has 0 unspecified atom stereocenters. The molecular weight excluding hydrogens is 320 g/mol. The first-order valence-electron chi connectivity index (χ1n) is 7.79. The van der Waals surface area contributed by atoms with Crippen molar-refractivity contribution in [3.63, 3.8) is 0 Å². The van der Waals surface area contributed by atoms with Gasteiger partial charge in [0.1, 0.15) is 0 Å². The highest BCUT2D eigenvalue weighted by molar-refractivity contribution is 6.30. The van der Waals surface area contributed by atoms with Crippen LogP contribution in [0.5, 0.6) is 0 Å². The highest BCUT2D eigenvalue weighted by atomic mass is 35.5. The van der Waals surface area contributed by atoms with E-state index < -0.39 is 0 Å². The summed E-state index contributed by atoms with van der Waals surface area (Å²) in [6, 6.07) is 9.70. The smallest absolute Gasteiger partial charge is 0.0946 e. The van der Waals surface area contributed by atoms with E-state index in [9.17, 15) is 0 Å². The maximum atomic E-state index is 6.61. The summed E-state index contributed by atoms with van der Waals surface area (Å²) in [5.41, 5.74) is 13.0. The van der Waals surface area contributed by atoms with Crippen molar-refractivity contribution in [1.29, 1.82) is 0 Å². The number of aryl methyl sites for hydroxylation is 1. The minimum absolute atomic E-state index is 0.291. The fraction of sp³-hybridized carbons (Fsp3) is 0.158. The molecule has 0 radical (unpaired) electrons. The van der Waals surface area contributed by atoms with Gasteiger partial charge < -0.3 is 10.3 Å². The lowest BCUT2D eigenvalue weighted by molar-refractivity contribution is 0.775. The lowest BCUT2D eigenvalue weighted by Gasteiger charge is -2.18. The van der Waals surface area contributed by atoms with Gasteiger partial charge in [0, 0.05) is 24.7 Å². The Bertz CT molecular complexity index is 942. The molecule has 4 rings (SSSR count). The number of aromatic nitrogens is 3. The molecule has 3 aromatic rings. The van der Waals surface area contributed by atoms with E-state index in [1.54, 1.807) is 6.33 Å². The van der Waals surface area contributed by atoms with Gasteiger partial charge in [-0.2, -0.15) is 0 Å². The standard InChI is InChI=1S/C19H17ClN4/c1-24-11-22-10-18(24)19(21)16-7-13-3-2-6-23-17(13)8-12-4-5-14(20)9-15(12)16/h2-7,9-11,19H,8,21H2,1H3/t19-/m1/s1. The van der Waals surface area contributed by atoms with E-state index in [2.05, 4.69) is 28.2 Å². The van der Waals surface area contributed by atoms with Crippen LogP contribution < -0.4 is 5.73 Å². The zero-order chi connectivity index (χ0) is 16.7. The number of hydrogen-bond donors (Lipinski definition) is 1. The van der Waals surface area contributed by atoms with Gasteiger partial charge in [-0.1, -0.05) is 23.7 Å². The SMILES string of the molecule is Cn1cncc1[C@H](N)C1=Cc2cccnc2Cc2ccc(Cl)cc21. The van der Waals surface area contributed by atoms with Gasteiger partial charge in [0.15, 0.2) is 0 Å². The fourth-order valence-electron chi connectivity index (χ4n) is 3.21. The van der Waals surface area contributed by atoms with E-state index in [1.807, 2.05) is 42.2 Å². The van der Waals surface area contributed by atoms with Crippen molar-refractivity contribution in [3.05, 3.63) is 82.2 Å². The van der Waals surface area contributed by atoms with Crippen LogP contribution in [0.2, 0.25) is 5.02 Å². The second kappa shape index (κ2) is 5.89. The number of nitrogens with zero attached hydrogens (tertiary/aromatic N) is 3. The summed E-state index contributed by atoms with van der Waals surface area (Å²) in [4.78, 5) is 8.73. The Labute approximate surface area is 145 Å². The Balaban J connectivity index is 1.94. The number of imidazole rings is 1. The number of pyridine rings is 1. The maximum absolute atomic E-state index is 6.61. The Morgan fingerprint density at radius 2 is 2.17 bits per heavy atom. The number of halogens is 1. The summed E-state index contributed by atoms with van der Waals surface area (Å²) in [6.07, 6.45) is 8.29. The molecule has 2 heterocycles. The first-order chi connectivity index (χ1) is 11.6. The van der Waals surface area contributed by atoms with Crippen molar-refractivity contribution in [1.82, 2.24) is 14.5 Å². The summed E-state index contributed by atoms with van der Waals surface area (Å²) >= 11 is 6.27. The van der Waals surface area contributed by atoms with Crippen LogP contribution in [0.25, 0.3) is 11.6 Å². The molecule has 4 nitrogen and oxygen atoms in total. The van der Waals surface area contributed by atoms with Crippen LogP contribution in [0.3, 0.4) is 0 Å². The molecule has 5 heteroatoms. The minimum atomic E-state index is -0.291. The first kappa shape index (κ1) is 15.1. The van der Waals surface area contributed by atoms with Gasteiger partial charge in [0.05, 0.1) is 30.0 Å². The van der Waals surface area contributed by atoms with Gasteiger partial charge >= 0.3 is 0 Å². The first-order valence-corrected chi connectivity index (χ1v) is 8.17. The van der Waals surface area contributed by atoms with E-state index in [0.717, 1.165) is 34.5 Å². The summed E-state index contributed by atoms with van der Waals surface area (Å²) in [5.74, 6) is 0. The zero-order valence-electron chi connectivity index (χ0n) is 13.3. The average molecular weight is 337 g/mol. The Hall–Kier alpha value is -2.43. The second-order valence-electron chi connectivity index (χ2n) is 6.02. The summed E-state index contributed by atoms with van der Waals surface area (Å²) < 4.78 is 1.95. The molecule has 1 aromatic carbocycles. The van der Waals surface area contributed by atoms with E-state index >= 15 is 0 Å². The molecule has 0 saturated heterocycles. The van der Waals surface area contributed by atoms with Crippen molar-refractivity contribution in [2.24, 2.45) is 12.8 Å². The predicted octanol–water partition coefficient (Wildman–Crippen LogP) is 3.61. The lowest BCUT2D eigenvalue weighted by Crippen LogP contribution is -2.16. The maximum Gasteiger partial charge on any atom is 0.0946 e. The normalized spacial score (nSPS) is 14.4. The molecule has 0 amide bonds. The molecule has 2 N–H and O–H groups in total. The Morgan fingerprint density at radius 3 is 2.96 bits per heavy atom. The van der Waals surface area contributed by atoms with Crippen molar-refractivity contribution < 1.29 is 0 Å². The van der Waals surface area contributed by atoms with Crippen molar-refractivity contribution in [3.8, 4) is 0 Å². The Kier molecular flexibility index (Phi) is 3.71. The van der Waals surface area contributed by atoms with E-state index in [1.165, 1.54) is 5.56 Å². The van der Waals surface area contributed by atoms with Crippen LogP contribution in [0, 0.1) is 0 Å². The van der Waals surface area contributed by atoms with E-state index in [0.29, 0.717) is 5.02 Å². The molecule has 0 spiro atoms. The molecule has 1 atom stereocenters. The monoisotopic (exact) mass is 336 g/mol. The van der Waals surface area contributed by atoms with Crippen LogP contribution in [0.1, 0.15) is 34.1 Å². The molecule has 24 heavy (non-hydrogen) atoms. The minimum Gasteiger partial charge on any atom is -0.336 e. The molecule has 0 aliphatic heterocycles. The number of nitrogens with two attached hydrogens (primary N) is 1. The number of rotatable bonds is 2. The number of fused-ring (bicyclic) bond motifs is 2. The zero-order valence-corrected chi connectivity index (χ0v) is 14.0. The fourth-order valence-corrected chi connectivity index (χ4v) is 3.38. The van der Waals surface area contributed by atoms with Gasteiger partial charge in [0.25, 0.3) is 0 Å². The number of hydrogen-bond acceptors (Lipinski definition) is 3. The van der Waals surface area contributed by atoms with Crippen LogP contribution >= 0.6 is 11.6 Å². The highest BCUT2D eigenvalue weighted by Gasteiger charge is 2.23. The third kappa shape index (κ3) is 2.54. The van der Waals surface area contributed by atoms with Crippen molar-refractivity contribution in [2.75, 3.05) is 0 Å². The van der Waals surface area contributed by atoms with Crippen molar-refractivity contribution in [2.45, 2.75) is 12.5 Å². The quantitative estimate of drug-likeness (QED) is 0.777. The third-order valence-corrected chi connectivity index (χ3v) is 4.72. The molecule has 0 bridgehead atoms. The summed E-state index contributed by atoms with van der Waals surface area (Å²) in [5, 5.41) is 0.704. The molecule has 120 valence electrons. The number of benzene rings is 1. The molecule has 1 aliphatic rings. The van der Waals surface area contributed by atoms with Crippen LogP contribution in [0.15, 0.2) is 49.1 Å². The molecule has 0 fully saturated rings. The average Bonchev–Trinajstić information content (AvgIpc) is 2.93. The van der Waals surface area contributed by atoms with E-state index in [4.69, 9.17) is 17.3 Å². The molecule has 0 saturated carbocycles. The summed E-state index contributed by atoms with van der Waals surface area (Å²) in [7, 11) is 1.95. The molecule has 1 aliphatic carbocycles. The largest absolute Gasteiger partial charge is 0.336 e. The summed E-state index contributed by atoms with van der Waals surface area (Å²) in [6.45, 7) is 0. The predicted molar refractivity (Wildman–Crippen MR) is 96.5 cm³/mol. The van der Waals surface area contributed by atoms with Gasteiger partial charge in [0.2, 0.25) is 0 Å². The van der Waals surface area contributed by atoms with Gasteiger partial charge in [-0.15, -0.1) is 0 Å².